The molecule has 0 radical (unpaired) electrons. The highest BCUT2D eigenvalue weighted by Gasteiger charge is 2.39. The first-order chi connectivity index (χ1) is 12.1. The Kier molecular flexibility index (Phi) is 4.20. The molecule has 1 aliphatic carbocycles. The number of anilines is 1. The summed E-state index contributed by atoms with van der Waals surface area (Å²) in [6.07, 6.45) is 5.36. The molecule has 2 unspecified atom stereocenters. The number of rotatable bonds is 3. The molecule has 3 nitrogen and oxygen atoms in total. The number of fused-ring (bicyclic) bond motifs is 3. The third-order valence-corrected chi connectivity index (χ3v) is 5.75. The van der Waals surface area contributed by atoms with E-state index in [0.717, 1.165) is 22.0 Å². The van der Waals surface area contributed by atoms with Crippen LogP contribution < -0.4 is 14.8 Å². The summed E-state index contributed by atoms with van der Waals surface area (Å²) in [7, 11) is 3.24. The standard InChI is InChI=1S/C20H19BrFNO2/c1-24-17-10-11(9-15(21)20(17)25-2)18-13-6-3-5-12(13)14-7-4-8-16(22)19(14)23-18/h3-5,7-10,12-13,18,23H,6H2,1-2H3/t12?,13?,18-/m1/s1. The summed E-state index contributed by atoms with van der Waals surface area (Å²) < 4.78 is 26.1. The molecule has 4 rings (SSSR count). The van der Waals surface area contributed by atoms with Gasteiger partial charge in [-0.05, 0) is 57.6 Å². The number of nitrogens with one attached hydrogen (secondary N) is 1. The Balaban J connectivity index is 1.82. The Labute approximate surface area is 155 Å². The summed E-state index contributed by atoms with van der Waals surface area (Å²) >= 11 is 3.56. The van der Waals surface area contributed by atoms with Crippen molar-refractivity contribution in [1.29, 1.82) is 0 Å². The smallest absolute Gasteiger partial charge is 0.174 e. The number of benzene rings is 2. The van der Waals surface area contributed by atoms with Crippen LogP contribution in [-0.4, -0.2) is 14.2 Å². The first-order valence-corrected chi connectivity index (χ1v) is 9.06. The van der Waals surface area contributed by atoms with Gasteiger partial charge in [-0.1, -0.05) is 24.3 Å². The van der Waals surface area contributed by atoms with Crippen molar-refractivity contribution in [2.45, 2.75) is 18.4 Å². The maximum Gasteiger partial charge on any atom is 0.174 e. The molecule has 2 aromatic carbocycles. The van der Waals surface area contributed by atoms with Crippen molar-refractivity contribution in [2.24, 2.45) is 5.92 Å². The van der Waals surface area contributed by atoms with Crippen LogP contribution in [0.5, 0.6) is 11.5 Å². The lowest BCUT2D eigenvalue weighted by molar-refractivity contribution is 0.351. The van der Waals surface area contributed by atoms with E-state index < -0.39 is 0 Å². The van der Waals surface area contributed by atoms with E-state index in [4.69, 9.17) is 9.47 Å². The third kappa shape index (κ3) is 2.61. The minimum absolute atomic E-state index is 0.000469. The molecule has 2 aromatic rings. The third-order valence-electron chi connectivity index (χ3n) is 5.16. The van der Waals surface area contributed by atoms with Crippen molar-refractivity contribution in [2.75, 3.05) is 19.5 Å². The summed E-state index contributed by atoms with van der Waals surface area (Å²) in [6, 6.07) is 9.31. The van der Waals surface area contributed by atoms with Crippen LogP contribution in [0.1, 0.15) is 29.5 Å². The number of halogens is 2. The van der Waals surface area contributed by atoms with Gasteiger partial charge in [0.25, 0.3) is 0 Å². The highest BCUT2D eigenvalue weighted by Crippen LogP contribution is 2.51. The molecular formula is C20H19BrFNO2. The van der Waals surface area contributed by atoms with Crippen molar-refractivity contribution in [3.8, 4) is 11.5 Å². The molecule has 3 atom stereocenters. The van der Waals surface area contributed by atoms with Crippen molar-refractivity contribution in [3.63, 3.8) is 0 Å². The van der Waals surface area contributed by atoms with Gasteiger partial charge < -0.3 is 14.8 Å². The Bertz CT molecular complexity index is 852. The monoisotopic (exact) mass is 403 g/mol. The van der Waals surface area contributed by atoms with E-state index in [0.29, 0.717) is 23.1 Å². The zero-order chi connectivity index (χ0) is 17.6. The highest BCUT2D eigenvalue weighted by molar-refractivity contribution is 9.10. The van der Waals surface area contributed by atoms with Gasteiger partial charge in [0, 0.05) is 5.92 Å². The molecule has 130 valence electrons. The van der Waals surface area contributed by atoms with E-state index in [1.54, 1.807) is 20.3 Å². The molecular weight excluding hydrogens is 385 g/mol. The van der Waals surface area contributed by atoms with Gasteiger partial charge in [0.1, 0.15) is 5.82 Å². The van der Waals surface area contributed by atoms with Gasteiger partial charge in [-0.25, -0.2) is 4.39 Å². The molecule has 1 heterocycles. The second-order valence-corrected chi connectivity index (χ2v) is 7.27. The second kappa shape index (κ2) is 6.37. The average Bonchev–Trinajstić information content (AvgIpc) is 3.10. The fourth-order valence-corrected chi connectivity index (χ4v) is 4.65. The van der Waals surface area contributed by atoms with Crippen LogP contribution in [-0.2, 0) is 0 Å². The zero-order valence-corrected chi connectivity index (χ0v) is 15.6. The van der Waals surface area contributed by atoms with Crippen molar-refractivity contribution in [3.05, 3.63) is 63.9 Å². The Morgan fingerprint density at radius 2 is 2.04 bits per heavy atom. The van der Waals surface area contributed by atoms with Crippen LogP contribution in [0.4, 0.5) is 10.1 Å². The van der Waals surface area contributed by atoms with Gasteiger partial charge in [0.2, 0.25) is 0 Å². The van der Waals surface area contributed by atoms with E-state index in [-0.39, 0.29) is 17.8 Å². The Hall–Kier alpha value is -2.01. The second-order valence-electron chi connectivity index (χ2n) is 6.42. The maximum absolute atomic E-state index is 14.4. The largest absolute Gasteiger partial charge is 0.493 e. The van der Waals surface area contributed by atoms with E-state index in [1.807, 2.05) is 18.2 Å². The van der Waals surface area contributed by atoms with Crippen molar-refractivity contribution in [1.82, 2.24) is 0 Å². The summed E-state index contributed by atoms with van der Waals surface area (Å²) in [5.41, 5.74) is 2.69. The minimum Gasteiger partial charge on any atom is -0.493 e. The molecule has 2 aliphatic rings. The molecule has 0 fully saturated rings. The fourth-order valence-electron chi connectivity index (χ4n) is 4.03. The number of para-hydroxylation sites is 1. The number of ether oxygens (including phenoxy) is 2. The first kappa shape index (κ1) is 16.5. The van der Waals surface area contributed by atoms with Crippen LogP contribution in [0.15, 0.2) is 47.0 Å². The Morgan fingerprint density at radius 3 is 2.80 bits per heavy atom. The molecule has 0 spiro atoms. The molecule has 1 aliphatic heterocycles. The van der Waals surface area contributed by atoms with Crippen LogP contribution in [0.3, 0.4) is 0 Å². The summed E-state index contributed by atoms with van der Waals surface area (Å²) in [5, 5.41) is 3.44. The number of allylic oxidation sites excluding steroid dienone is 2. The summed E-state index contributed by atoms with van der Waals surface area (Å²) in [6.45, 7) is 0. The maximum atomic E-state index is 14.4. The van der Waals surface area contributed by atoms with Crippen molar-refractivity contribution < 1.29 is 13.9 Å². The predicted octanol–water partition coefficient (Wildman–Crippen LogP) is 5.43. The highest BCUT2D eigenvalue weighted by atomic mass is 79.9. The lowest BCUT2D eigenvalue weighted by Crippen LogP contribution is -2.29. The van der Waals surface area contributed by atoms with Crippen LogP contribution in [0.2, 0.25) is 0 Å². The average molecular weight is 404 g/mol. The first-order valence-electron chi connectivity index (χ1n) is 8.27. The van der Waals surface area contributed by atoms with Gasteiger partial charge in [0.15, 0.2) is 11.5 Å². The molecule has 0 aromatic heterocycles. The summed E-state index contributed by atoms with van der Waals surface area (Å²) in [5.74, 6) is 1.69. The minimum atomic E-state index is -0.208. The van der Waals surface area contributed by atoms with Crippen molar-refractivity contribution >= 4 is 21.6 Å². The van der Waals surface area contributed by atoms with E-state index >= 15 is 0 Å². The quantitative estimate of drug-likeness (QED) is 0.692. The normalized spacial score (nSPS) is 23.6. The lowest BCUT2D eigenvalue weighted by Gasteiger charge is -2.37. The molecule has 1 N–H and O–H groups in total. The SMILES string of the molecule is COc1cc([C@H]2Nc3c(F)cccc3C3C=CCC32)cc(Br)c1OC. The van der Waals surface area contributed by atoms with Gasteiger partial charge in [-0.3, -0.25) is 0 Å². The molecule has 0 bridgehead atoms. The zero-order valence-electron chi connectivity index (χ0n) is 14.1. The molecule has 25 heavy (non-hydrogen) atoms. The summed E-state index contributed by atoms with van der Waals surface area (Å²) in [4.78, 5) is 0. The number of hydrogen-bond acceptors (Lipinski definition) is 3. The van der Waals surface area contributed by atoms with Gasteiger partial charge >= 0.3 is 0 Å². The lowest BCUT2D eigenvalue weighted by atomic mass is 9.77. The fraction of sp³-hybridized carbons (Fsp3) is 0.300. The van der Waals surface area contributed by atoms with Gasteiger partial charge in [0.05, 0.1) is 30.4 Å². The topological polar surface area (TPSA) is 30.5 Å². The van der Waals surface area contributed by atoms with Gasteiger partial charge in [-0.2, -0.15) is 0 Å². The van der Waals surface area contributed by atoms with Crippen LogP contribution in [0.25, 0.3) is 0 Å². The number of hydrogen-bond donors (Lipinski definition) is 1. The van der Waals surface area contributed by atoms with E-state index in [9.17, 15) is 4.39 Å². The molecule has 0 saturated carbocycles. The van der Waals surface area contributed by atoms with Crippen LogP contribution >= 0.6 is 15.9 Å². The molecule has 5 heteroatoms. The van der Waals surface area contributed by atoms with E-state index in [1.165, 1.54) is 6.07 Å². The van der Waals surface area contributed by atoms with E-state index in [2.05, 4.69) is 33.4 Å². The predicted molar refractivity (Wildman–Crippen MR) is 100.0 cm³/mol. The Morgan fingerprint density at radius 1 is 1.20 bits per heavy atom. The molecule has 0 amide bonds. The van der Waals surface area contributed by atoms with Gasteiger partial charge in [-0.15, -0.1) is 0 Å². The number of methoxy groups -OCH3 is 2. The van der Waals surface area contributed by atoms with Crippen LogP contribution in [0, 0.1) is 11.7 Å². The molecule has 0 saturated heterocycles.